The summed E-state index contributed by atoms with van der Waals surface area (Å²) in [6.07, 6.45) is 5.78. The highest BCUT2D eigenvalue weighted by molar-refractivity contribution is 5.48. The highest BCUT2D eigenvalue weighted by Gasteiger charge is 2.24. The normalized spacial score (nSPS) is 15.6. The summed E-state index contributed by atoms with van der Waals surface area (Å²) in [6.45, 7) is 9.85. The van der Waals surface area contributed by atoms with Crippen LogP contribution in [0.5, 0.6) is 0 Å². The van der Waals surface area contributed by atoms with Gasteiger partial charge in [-0.15, -0.1) is 0 Å². The van der Waals surface area contributed by atoms with Crippen LogP contribution in [0, 0.1) is 6.92 Å². The van der Waals surface area contributed by atoms with Gasteiger partial charge < -0.3 is 10.2 Å². The minimum atomic E-state index is 0.144. The topological polar surface area (TPSA) is 28.2 Å². The first-order valence-electron chi connectivity index (χ1n) is 7.37. The molecule has 106 valence electrons. The molecule has 2 rings (SSSR count). The van der Waals surface area contributed by atoms with Crippen molar-refractivity contribution >= 4 is 5.82 Å². The molecule has 1 aromatic rings. The molecule has 0 unspecified atom stereocenters. The van der Waals surface area contributed by atoms with Crippen LogP contribution in [0.1, 0.15) is 51.2 Å². The maximum absolute atomic E-state index is 4.68. The van der Waals surface area contributed by atoms with Crippen LogP contribution < -0.4 is 10.2 Å². The number of aromatic nitrogens is 1. The number of anilines is 1. The van der Waals surface area contributed by atoms with Crippen molar-refractivity contribution < 1.29 is 0 Å². The predicted molar refractivity (Wildman–Crippen MR) is 81.6 cm³/mol. The van der Waals surface area contributed by atoms with Crippen molar-refractivity contribution in [3.8, 4) is 0 Å². The van der Waals surface area contributed by atoms with Crippen LogP contribution in [-0.2, 0) is 6.54 Å². The lowest BCUT2D eigenvalue weighted by Crippen LogP contribution is -2.41. The monoisotopic (exact) mass is 261 g/mol. The molecular weight excluding hydrogens is 234 g/mol. The van der Waals surface area contributed by atoms with E-state index >= 15 is 0 Å². The number of pyridine rings is 1. The highest BCUT2D eigenvalue weighted by atomic mass is 15.2. The van der Waals surface area contributed by atoms with E-state index in [4.69, 9.17) is 0 Å². The number of nitrogens with one attached hydrogen (secondary N) is 1. The highest BCUT2D eigenvalue weighted by Crippen LogP contribution is 2.26. The van der Waals surface area contributed by atoms with Crippen molar-refractivity contribution in [2.24, 2.45) is 0 Å². The van der Waals surface area contributed by atoms with Crippen LogP contribution in [0.2, 0.25) is 0 Å². The second kappa shape index (κ2) is 5.49. The average molecular weight is 261 g/mol. The van der Waals surface area contributed by atoms with Crippen LogP contribution in [-0.4, -0.2) is 23.6 Å². The van der Waals surface area contributed by atoms with Gasteiger partial charge in [-0.2, -0.15) is 0 Å². The Balaban J connectivity index is 2.09. The zero-order chi connectivity index (χ0) is 14.0. The largest absolute Gasteiger partial charge is 0.354 e. The van der Waals surface area contributed by atoms with E-state index in [0.717, 1.165) is 24.8 Å². The molecule has 0 spiro atoms. The van der Waals surface area contributed by atoms with Crippen LogP contribution in [0.25, 0.3) is 0 Å². The Kier molecular flexibility index (Phi) is 4.14. The van der Waals surface area contributed by atoms with Crippen molar-refractivity contribution in [2.45, 2.75) is 65.1 Å². The number of aryl methyl sites for hydroxylation is 1. The van der Waals surface area contributed by atoms with Crippen molar-refractivity contribution in [1.29, 1.82) is 0 Å². The van der Waals surface area contributed by atoms with Gasteiger partial charge in [0.25, 0.3) is 0 Å². The zero-order valence-corrected chi connectivity index (χ0v) is 13.0. The average Bonchev–Trinajstić information content (AvgIpc) is 3.19. The van der Waals surface area contributed by atoms with Gasteiger partial charge >= 0.3 is 0 Å². The molecule has 0 amide bonds. The Morgan fingerprint density at radius 3 is 2.63 bits per heavy atom. The molecule has 0 aliphatic heterocycles. The molecule has 1 heterocycles. The summed E-state index contributed by atoms with van der Waals surface area (Å²) in [5.41, 5.74) is 2.70. The summed E-state index contributed by atoms with van der Waals surface area (Å²) in [4.78, 5) is 6.97. The van der Waals surface area contributed by atoms with Crippen LogP contribution in [0.4, 0.5) is 5.82 Å². The maximum Gasteiger partial charge on any atom is 0.131 e. The molecule has 0 radical (unpaired) electrons. The van der Waals surface area contributed by atoms with Gasteiger partial charge in [-0.25, -0.2) is 4.98 Å². The van der Waals surface area contributed by atoms with Gasteiger partial charge in [-0.05, 0) is 57.2 Å². The summed E-state index contributed by atoms with van der Waals surface area (Å²) in [6, 6.07) is 3.02. The first-order chi connectivity index (χ1) is 8.94. The van der Waals surface area contributed by atoms with E-state index in [1.54, 1.807) is 0 Å². The van der Waals surface area contributed by atoms with Gasteiger partial charge in [0.1, 0.15) is 5.82 Å². The molecule has 0 saturated heterocycles. The third-order valence-corrected chi connectivity index (χ3v) is 4.37. The van der Waals surface area contributed by atoms with Crippen molar-refractivity contribution in [3.63, 3.8) is 0 Å². The van der Waals surface area contributed by atoms with Crippen molar-refractivity contribution in [3.05, 3.63) is 23.4 Å². The molecule has 1 N–H and O–H groups in total. The van der Waals surface area contributed by atoms with Gasteiger partial charge in [0.05, 0.1) is 0 Å². The second-order valence-corrected chi connectivity index (χ2v) is 6.36. The molecule has 1 aromatic heterocycles. The Hall–Kier alpha value is -1.09. The van der Waals surface area contributed by atoms with E-state index in [1.807, 2.05) is 6.20 Å². The lowest BCUT2D eigenvalue weighted by atomic mass is 9.99. The number of nitrogens with zero attached hydrogens (tertiary/aromatic N) is 2. The van der Waals surface area contributed by atoms with Crippen molar-refractivity contribution in [2.75, 3.05) is 11.9 Å². The first kappa shape index (κ1) is 14.3. The number of rotatable bonds is 6. The molecule has 1 saturated carbocycles. The maximum atomic E-state index is 4.68. The molecule has 3 nitrogen and oxygen atoms in total. The van der Waals surface area contributed by atoms with Crippen LogP contribution in [0.15, 0.2) is 12.3 Å². The smallest absolute Gasteiger partial charge is 0.131 e. The fraction of sp³-hybridized carbons (Fsp3) is 0.688. The van der Waals surface area contributed by atoms with E-state index in [9.17, 15) is 0 Å². The van der Waals surface area contributed by atoms with Crippen LogP contribution in [0.3, 0.4) is 0 Å². The van der Waals surface area contributed by atoms with E-state index in [-0.39, 0.29) is 5.54 Å². The summed E-state index contributed by atoms with van der Waals surface area (Å²) in [5.74, 6) is 1.10. The standard InChI is InChI=1S/C16H27N3/c1-6-16(3,4)19(5)15-12(2)9-13(11-18-15)10-17-14-7-8-14/h9,11,14,17H,6-8,10H2,1-5H3. The molecule has 0 aromatic carbocycles. The molecule has 1 aliphatic rings. The molecule has 3 heteroatoms. The van der Waals surface area contributed by atoms with E-state index < -0.39 is 0 Å². The second-order valence-electron chi connectivity index (χ2n) is 6.36. The quantitative estimate of drug-likeness (QED) is 0.852. The Labute approximate surface area is 117 Å². The summed E-state index contributed by atoms with van der Waals surface area (Å²) >= 11 is 0. The van der Waals surface area contributed by atoms with Gasteiger partial charge in [-0.1, -0.05) is 6.92 Å². The van der Waals surface area contributed by atoms with Gasteiger partial charge in [0.15, 0.2) is 0 Å². The Morgan fingerprint density at radius 1 is 1.42 bits per heavy atom. The number of hydrogen-bond acceptors (Lipinski definition) is 3. The third kappa shape index (κ3) is 3.47. The minimum Gasteiger partial charge on any atom is -0.354 e. The predicted octanol–water partition coefficient (Wildman–Crippen LogP) is 3.27. The van der Waals surface area contributed by atoms with E-state index in [2.05, 4.69) is 56.0 Å². The fourth-order valence-corrected chi connectivity index (χ4v) is 2.15. The molecule has 1 aliphatic carbocycles. The van der Waals surface area contributed by atoms with Gasteiger partial charge in [0, 0.05) is 31.4 Å². The third-order valence-electron chi connectivity index (χ3n) is 4.37. The fourth-order valence-electron chi connectivity index (χ4n) is 2.15. The van der Waals surface area contributed by atoms with Crippen molar-refractivity contribution in [1.82, 2.24) is 10.3 Å². The van der Waals surface area contributed by atoms with E-state index in [0.29, 0.717) is 0 Å². The summed E-state index contributed by atoms with van der Waals surface area (Å²) in [5, 5.41) is 3.54. The summed E-state index contributed by atoms with van der Waals surface area (Å²) in [7, 11) is 2.14. The number of hydrogen-bond donors (Lipinski definition) is 1. The van der Waals surface area contributed by atoms with E-state index in [1.165, 1.54) is 24.0 Å². The molecule has 1 fully saturated rings. The van der Waals surface area contributed by atoms with Crippen LogP contribution >= 0.6 is 0 Å². The van der Waals surface area contributed by atoms with Gasteiger partial charge in [0.2, 0.25) is 0 Å². The first-order valence-corrected chi connectivity index (χ1v) is 7.37. The molecule has 0 bridgehead atoms. The lowest BCUT2D eigenvalue weighted by Gasteiger charge is -2.36. The molecule has 19 heavy (non-hydrogen) atoms. The van der Waals surface area contributed by atoms with Gasteiger partial charge in [-0.3, -0.25) is 0 Å². The Bertz CT molecular complexity index is 436. The SMILES string of the molecule is CCC(C)(C)N(C)c1ncc(CNC2CC2)cc1C. The zero-order valence-electron chi connectivity index (χ0n) is 13.0. The molecule has 0 atom stereocenters. The summed E-state index contributed by atoms with van der Waals surface area (Å²) < 4.78 is 0. The molecular formula is C16H27N3. The Morgan fingerprint density at radius 2 is 2.11 bits per heavy atom. The minimum absolute atomic E-state index is 0.144. The lowest BCUT2D eigenvalue weighted by molar-refractivity contribution is 0.466.